The van der Waals surface area contributed by atoms with Crippen molar-refractivity contribution in [1.29, 1.82) is 0 Å². The molecule has 3 rings (SSSR count). The number of hydrogen-bond donors (Lipinski definition) is 1. The van der Waals surface area contributed by atoms with Gasteiger partial charge in [-0.1, -0.05) is 13.8 Å². The number of sulfonamides is 1. The number of hydrogen-bond acceptors (Lipinski definition) is 3. The zero-order chi connectivity index (χ0) is 20.5. The number of carbonyl (C=O) groups excluding carboxylic acids is 1. The van der Waals surface area contributed by atoms with E-state index in [0.717, 1.165) is 23.7 Å². The second-order valence-electron chi connectivity index (χ2n) is 7.59. The quantitative estimate of drug-likeness (QED) is 0.782. The molecule has 0 saturated carbocycles. The third kappa shape index (κ3) is 4.35. The molecule has 150 valence electrons. The average molecular weight is 405 g/mol. The lowest BCUT2D eigenvalue weighted by Crippen LogP contribution is -2.36. The van der Waals surface area contributed by atoms with Crippen molar-refractivity contribution in [3.63, 3.8) is 0 Å². The summed E-state index contributed by atoms with van der Waals surface area (Å²) in [6, 6.07) is 8.93. The fourth-order valence-corrected chi connectivity index (χ4v) is 4.39. The number of rotatable bonds is 6. The molecule has 0 saturated heterocycles. The summed E-state index contributed by atoms with van der Waals surface area (Å²) < 4.78 is 41.2. The highest BCUT2D eigenvalue weighted by Gasteiger charge is 2.25. The van der Waals surface area contributed by atoms with E-state index in [9.17, 15) is 17.6 Å². The van der Waals surface area contributed by atoms with E-state index in [1.165, 1.54) is 19.1 Å². The summed E-state index contributed by atoms with van der Waals surface area (Å²) in [7, 11) is -3.82. The smallest absolute Gasteiger partial charge is 0.261 e. The molecule has 1 amide bonds. The van der Waals surface area contributed by atoms with Gasteiger partial charge in [0.1, 0.15) is 5.82 Å². The molecule has 0 radical (unpaired) electrons. The molecule has 28 heavy (non-hydrogen) atoms. The predicted molar refractivity (Wildman–Crippen MR) is 109 cm³/mol. The van der Waals surface area contributed by atoms with E-state index in [-0.39, 0.29) is 16.4 Å². The molecule has 2 aromatic rings. The molecule has 0 bridgehead atoms. The first-order valence-electron chi connectivity index (χ1n) is 9.39. The minimum atomic E-state index is -3.82. The fraction of sp³-hybridized carbons (Fsp3) is 0.381. The number of anilines is 2. The van der Waals surface area contributed by atoms with E-state index < -0.39 is 15.8 Å². The average Bonchev–Trinajstić information content (AvgIpc) is 2.62. The van der Waals surface area contributed by atoms with Gasteiger partial charge < -0.3 is 4.90 Å². The maximum atomic E-state index is 13.4. The third-order valence-electron chi connectivity index (χ3n) is 4.90. The Morgan fingerprint density at radius 2 is 1.89 bits per heavy atom. The highest BCUT2D eigenvalue weighted by molar-refractivity contribution is 7.92. The highest BCUT2D eigenvalue weighted by Crippen LogP contribution is 2.31. The summed E-state index contributed by atoms with van der Waals surface area (Å²) in [6.07, 6.45) is 1.90. The number of aryl methyl sites for hydroxylation is 2. The lowest BCUT2D eigenvalue weighted by atomic mass is 9.99. The van der Waals surface area contributed by atoms with Crippen LogP contribution in [0.4, 0.5) is 15.8 Å². The molecule has 0 unspecified atom stereocenters. The van der Waals surface area contributed by atoms with Crippen LogP contribution in [0.3, 0.4) is 0 Å². The van der Waals surface area contributed by atoms with Gasteiger partial charge in [0.05, 0.1) is 4.90 Å². The number of amides is 1. The van der Waals surface area contributed by atoms with Crippen LogP contribution in [-0.4, -0.2) is 20.9 Å². The van der Waals surface area contributed by atoms with E-state index in [1.54, 1.807) is 23.1 Å². The van der Waals surface area contributed by atoms with E-state index in [1.807, 2.05) is 0 Å². The normalized spacial score (nSPS) is 14.3. The Hall–Kier alpha value is -2.41. The van der Waals surface area contributed by atoms with Crippen LogP contribution < -0.4 is 9.62 Å². The Bertz CT molecular complexity index is 1000. The van der Waals surface area contributed by atoms with Gasteiger partial charge in [-0.3, -0.25) is 9.52 Å². The van der Waals surface area contributed by atoms with Gasteiger partial charge in [-0.2, -0.15) is 0 Å². The topological polar surface area (TPSA) is 66.5 Å². The molecule has 0 atom stereocenters. The molecule has 1 N–H and O–H groups in total. The lowest BCUT2D eigenvalue weighted by Gasteiger charge is -2.30. The predicted octanol–water partition coefficient (Wildman–Crippen LogP) is 4.26. The van der Waals surface area contributed by atoms with Crippen molar-refractivity contribution in [1.82, 2.24) is 0 Å². The molecule has 1 heterocycles. The summed E-state index contributed by atoms with van der Waals surface area (Å²) in [5.74, 6) is 0.144. The molecular weight excluding hydrogens is 379 g/mol. The summed E-state index contributed by atoms with van der Waals surface area (Å²) in [5, 5.41) is 0. The summed E-state index contributed by atoms with van der Waals surface area (Å²) in [4.78, 5) is 14.1. The van der Waals surface area contributed by atoms with Gasteiger partial charge in [-0.05, 0) is 73.2 Å². The van der Waals surface area contributed by atoms with Crippen molar-refractivity contribution in [2.75, 3.05) is 16.2 Å². The molecule has 2 aromatic carbocycles. The van der Waals surface area contributed by atoms with Gasteiger partial charge in [0.2, 0.25) is 5.91 Å². The maximum absolute atomic E-state index is 13.4. The molecular formula is C21H25FN2O3S. The van der Waals surface area contributed by atoms with E-state index in [0.29, 0.717) is 31.0 Å². The number of nitrogens with zero attached hydrogens (tertiary/aromatic N) is 1. The first-order chi connectivity index (χ1) is 13.2. The Morgan fingerprint density at radius 3 is 2.57 bits per heavy atom. The largest absolute Gasteiger partial charge is 0.312 e. The molecule has 5 nitrogen and oxygen atoms in total. The summed E-state index contributed by atoms with van der Waals surface area (Å²) in [6.45, 7) is 6.41. The van der Waals surface area contributed by atoms with E-state index >= 15 is 0 Å². The van der Waals surface area contributed by atoms with E-state index in [2.05, 4.69) is 18.6 Å². The SMILES string of the molecule is Cc1cc(S(=O)(=O)Nc2ccc3c(c2)CCC(=O)N3CCC(C)C)ccc1F. The van der Waals surface area contributed by atoms with Gasteiger partial charge >= 0.3 is 0 Å². The number of halogens is 1. The van der Waals surface area contributed by atoms with Crippen LogP contribution >= 0.6 is 0 Å². The molecule has 0 aromatic heterocycles. The van der Waals surface area contributed by atoms with Crippen LogP contribution in [0.2, 0.25) is 0 Å². The van der Waals surface area contributed by atoms with Gasteiger partial charge in [0.15, 0.2) is 0 Å². The highest BCUT2D eigenvalue weighted by atomic mass is 32.2. The molecule has 1 aliphatic rings. The first kappa shape index (κ1) is 20.3. The van der Waals surface area contributed by atoms with Crippen LogP contribution in [-0.2, 0) is 21.2 Å². The number of fused-ring (bicyclic) bond motifs is 1. The summed E-state index contributed by atoms with van der Waals surface area (Å²) >= 11 is 0. The van der Waals surface area contributed by atoms with Crippen LogP contribution in [0.1, 0.15) is 37.8 Å². The number of benzene rings is 2. The van der Waals surface area contributed by atoms with Gasteiger partial charge in [-0.25, -0.2) is 12.8 Å². The standard InChI is InChI=1S/C21H25FN2O3S/c1-14(2)10-11-24-20-8-5-17(13-16(20)4-9-21(24)25)23-28(26,27)18-6-7-19(22)15(3)12-18/h5-8,12-14,23H,4,9-11H2,1-3H3. The Balaban J connectivity index is 1.85. The first-order valence-corrected chi connectivity index (χ1v) is 10.9. The molecule has 0 fully saturated rings. The van der Waals surface area contributed by atoms with Crippen LogP contribution in [0, 0.1) is 18.7 Å². The van der Waals surface area contributed by atoms with Crippen molar-refractivity contribution in [2.45, 2.75) is 44.9 Å². The Morgan fingerprint density at radius 1 is 1.14 bits per heavy atom. The second-order valence-corrected chi connectivity index (χ2v) is 9.27. The van der Waals surface area contributed by atoms with Crippen LogP contribution in [0.5, 0.6) is 0 Å². The zero-order valence-electron chi connectivity index (χ0n) is 16.3. The molecule has 0 spiro atoms. The van der Waals surface area contributed by atoms with Crippen LogP contribution in [0.25, 0.3) is 0 Å². The monoisotopic (exact) mass is 404 g/mol. The minimum Gasteiger partial charge on any atom is -0.312 e. The van der Waals surface area contributed by atoms with Crippen molar-refractivity contribution in [3.8, 4) is 0 Å². The van der Waals surface area contributed by atoms with Gasteiger partial charge in [0.25, 0.3) is 10.0 Å². The molecule has 7 heteroatoms. The Labute approximate surface area is 165 Å². The van der Waals surface area contributed by atoms with Crippen molar-refractivity contribution in [2.24, 2.45) is 5.92 Å². The summed E-state index contributed by atoms with van der Waals surface area (Å²) in [5.41, 5.74) is 2.49. The minimum absolute atomic E-state index is 0.0119. The number of nitrogens with one attached hydrogen (secondary N) is 1. The maximum Gasteiger partial charge on any atom is 0.261 e. The zero-order valence-corrected chi connectivity index (χ0v) is 17.1. The van der Waals surface area contributed by atoms with Gasteiger partial charge in [0, 0.05) is 24.3 Å². The second kappa shape index (κ2) is 7.91. The molecule has 1 aliphatic heterocycles. The number of carbonyl (C=O) groups is 1. The molecule has 0 aliphatic carbocycles. The van der Waals surface area contributed by atoms with E-state index in [4.69, 9.17) is 0 Å². The Kier molecular flexibility index (Phi) is 5.74. The lowest BCUT2D eigenvalue weighted by molar-refractivity contribution is -0.118. The fourth-order valence-electron chi connectivity index (χ4n) is 3.25. The van der Waals surface area contributed by atoms with Gasteiger partial charge in [-0.15, -0.1) is 0 Å². The van der Waals surface area contributed by atoms with Crippen LogP contribution in [0.15, 0.2) is 41.3 Å². The van der Waals surface area contributed by atoms with Crippen molar-refractivity contribution < 1.29 is 17.6 Å². The van der Waals surface area contributed by atoms with Crippen molar-refractivity contribution in [3.05, 3.63) is 53.3 Å². The third-order valence-corrected chi connectivity index (χ3v) is 6.28. The van der Waals surface area contributed by atoms with Crippen molar-refractivity contribution >= 4 is 27.3 Å².